The van der Waals surface area contributed by atoms with E-state index in [9.17, 15) is 14.3 Å². The molecule has 0 bridgehead atoms. The van der Waals surface area contributed by atoms with E-state index in [1.54, 1.807) is 0 Å². The molecule has 1 saturated carbocycles. The standard InChI is InChI=1S/C11H10BrFO3/c12-8-2-1-6(13)5-7(8)11(3-4-11)9(14)10(15)16/h1-2,5,9,14H,3-4H2,(H,15,16). The summed E-state index contributed by atoms with van der Waals surface area (Å²) >= 11 is 3.25. The van der Waals surface area contributed by atoms with E-state index in [1.165, 1.54) is 18.2 Å². The average Bonchev–Trinajstić information content (AvgIpc) is 3.01. The molecule has 86 valence electrons. The molecule has 0 radical (unpaired) electrons. The molecule has 16 heavy (non-hydrogen) atoms. The van der Waals surface area contributed by atoms with Crippen molar-refractivity contribution in [1.29, 1.82) is 0 Å². The first kappa shape index (κ1) is 11.5. The molecular formula is C11H10BrFO3. The highest BCUT2D eigenvalue weighted by molar-refractivity contribution is 9.10. The Balaban J connectivity index is 2.44. The maximum absolute atomic E-state index is 13.1. The topological polar surface area (TPSA) is 57.5 Å². The number of carboxylic acid groups (broad SMARTS) is 1. The van der Waals surface area contributed by atoms with Crippen LogP contribution in [0.2, 0.25) is 0 Å². The van der Waals surface area contributed by atoms with Gasteiger partial charge in [-0.1, -0.05) is 15.9 Å². The van der Waals surface area contributed by atoms with E-state index in [2.05, 4.69) is 15.9 Å². The number of halogens is 2. The Morgan fingerprint density at radius 1 is 1.50 bits per heavy atom. The van der Waals surface area contributed by atoms with Crippen LogP contribution in [0.3, 0.4) is 0 Å². The molecule has 0 heterocycles. The highest BCUT2D eigenvalue weighted by Gasteiger charge is 2.54. The molecule has 0 aliphatic heterocycles. The van der Waals surface area contributed by atoms with E-state index in [1.807, 2.05) is 0 Å². The zero-order valence-electron chi connectivity index (χ0n) is 8.28. The molecule has 2 N–H and O–H groups in total. The van der Waals surface area contributed by atoms with Gasteiger partial charge in [-0.25, -0.2) is 9.18 Å². The quantitative estimate of drug-likeness (QED) is 0.895. The Morgan fingerprint density at radius 2 is 2.12 bits per heavy atom. The maximum atomic E-state index is 13.1. The van der Waals surface area contributed by atoms with Gasteiger partial charge in [0.1, 0.15) is 5.82 Å². The average molecular weight is 289 g/mol. The number of hydrogen-bond donors (Lipinski definition) is 2. The smallest absolute Gasteiger partial charge is 0.333 e. The van der Waals surface area contributed by atoms with Crippen molar-refractivity contribution in [3.05, 3.63) is 34.1 Å². The Kier molecular flexibility index (Phi) is 2.75. The second-order valence-electron chi connectivity index (χ2n) is 4.02. The van der Waals surface area contributed by atoms with Crippen LogP contribution in [-0.4, -0.2) is 22.3 Å². The van der Waals surface area contributed by atoms with Crippen LogP contribution in [0.1, 0.15) is 18.4 Å². The van der Waals surface area contributed by atoms with Gasteiger partial charge in [0, 0.05) is 9.89 Å². The third kappa shape index (κ3) is 1.74. The number of carbonyl (C=O) groups is 1. The van der Waals surface area contributed by atoms with Crippen molar-refractivity contribution >= 4 is 21.9 Å². The van der Waals surface area contributed by atoms with Crippen molar-refractivity contribution in [2.24, 2.45) is 0 Å². The molecule has 0 amide bonds. The Labute approximate surface area is 100 Å². The lowest BCUT2D eigenvalue weighted by atomic mass is 9.90. The van der Waals surface area contributed by atoms with Gasteiger partial charge in [0.05, 0.1) is 0 Å². The van der Waals surface area contributed by atoms with Crippen LogP contribution in [0.4, 0.5) is 4.39 Å². The third-order valence-electron chi connectivity index (χ3n) is 3.01. The van der Waals surface area contributed by atoms with E-state index >= 15 is 0 Å². The van der Waals surface area contributed by atoms with Crippen LogP contribution in [-0.2, 0) is 10.2 Å². The van der Waals surface area contributed by atoms with Crippen LogP contribution in [0, 0.1) is 5.82 Å². The number of carboxylic acids is 1. The predicted octanol–water partition coefficient (Wildman–Crippen LogP) is 2.07. The molecule has 1 aliphatic carbocycles. The summed E-state index contributed by atoms with van der Waals surface area (Å²) in [6.45, 7) is 0. The van der Waals surface area contributed by atoms with E-state index in [4.69, 9.17) is 5.11 Å². The van der Waals surface area contributed by atoms with Crippen molar-refractivity contribution in [2.75, 3.05) is 0 Å². The van der Waals surface area contributed by atoms with E-state index in [0.717, 1.165) is 0 Å². The highest BCUT2D eigenvalue weighted by atomic mass is 79.9. The minimum atomic E-state index is -1.48. The molecule has 1 aromatic rings. The first-order valence-corrected chi connectivity index (χ1v) is 5.63. The predicted molar refractivity (Wildman–Crippen MR) is 58.7 cm³/mol. The van der Waals surface area contributed by atoms with Crippen LogP contribution in [0.25, 0.3) is 0 Å². The molecule has 5 heteroatoms. The Bertz CT molecular complexity index is 443. The zero-order chi connectivity index (χ0) is 11.9. The van der Waals surface area contributed by atoms with Crippen LogP contribution in [0.5, 0.6) is 0 Å². The lowest BCUT2D eigenvalue weighted by Gasteiger charge is -2.20. The van der Waals surface area contributed by atoms with Gasteiger partial charge in [-0.2, -0.15) is 0 Å². The van der Waals surface area contributed by atoms with Gasteiger partial charge in [0.25, 0.3) is 0 Å². The van der Waals surface area contributed by atoms with E-state index in [0.29, 0.717) is 22.9 Å². The van der Waals surface area contributed by atoms with E-state index in [-0.39, 0.29) is 0 Å². The number of aliphatic hydroxyl groups excluding tert-OH is 1. The van der Waals surface area contributed by atoms with Crippen molar-refractivity contribution < 1.29 is 19.4 Å². The fourth-order valence-electron chi connectivity index (χ4n) is 1.94. The van der Waals surface area contributed by atoms with E-state index < -0.39 is 23.3 Å². The van der Waals surface area contributed by atoms with Gasteiger partial charge in [-0.3, -0.25) is 0 Å². The summed E-state index contributed by atoms with van der Waals surface area (Å²) in [5.41, 5.74) is -0.297. The molecule has 3 nitrogen and oxygen atoms in total. The maximum Gasteiger partial charge on any atom is 0.333 e. The molecule has 1 atom stereocenters. The second-order valence-corrected chi connectivity index (χ2v) is 4.88. The minimum Gasteiger partial charge on any atom is -0.479 e. The van der Waals surface area contributed by atoms with Crippen molar-refractivity contribution in [2.45, 2.75) is 24.4 Å². The molecular weight excluding hydrogens is 279 g/mol. The minimum absolute atomic E-state index is 0.429. The number of benzene rings is 1. The molecule has 0 spiro atoms. The normalized spacial score (nSPS) is 19.2. The molecule has 0 saturated heterocycles. The lowest BCUT2D eigenvalue weighted by Crippen LogP contribution is -2.34. The van der Waals surface area contributed by atoms with Gasteiger partial charge >= 0.3 is 5.97 Å². The fourth-order valence-corrected chi connectivity index (χ4v) is 2.58. The molecule has 2 rings (SSSR count). The van der Waals surface area contributed by atoms with Crippen LogP contribution >= 0.6 is 15.9 Å². The summed E-state index contributed by atoms with van der Waals surface area (Å²) in [5.74, 6) is -1.70. The summed E-state index contributed by atoms with van der Waals surface area (Å²) in [7, 11) is 0. The van der Waals surface area contributed by atoms with Gasteiger partial charge in [0.15, 0.2) is 6.10 Å². The number of aliphatic hydroxyl groups is 1. The second kappa shape index (κ2) is 3.82. The summed E-state index contributed by atoms with van der Waals surface area (Å²) in [6.07, 6.45) is -0.365. The molecule has 1 aromatic carbocycles. The fraction of sp³-hybridized carbons (Fsp3) is 0.364. The summed E-state index contributed by atoms with van der Waals surface area (Å²) < 4.78 is 13.8. The Morgan fingerprint density at radius 3 is 2.62 bits per heavy atom. The molecule has 1 aliphatic rings. The van der Waals surface area contributed by atoms with Gasteiger partial charge in [-0.15, -0.1) is 0 Å². The third-order valence-corrected chi connectivity index (χ3v) is 3.70. The van der Waals surface area contributed by atoms with Crippen molar-refractivity contribution in [3.63, 3.8) is 0 Å². The SMILES string of the molecule is O=C(O)C(O)C1(c2cc(F)ccc2Br)CC1. The largest absolute Gasteiger partial charge is 0.479 e. The Hall–Kier alpha value is -0.940. The van der Waals surface area contributed by atoms with Crippen molar-refractivity contribution in [1.82, 2.24) is 0 Å². The van der Waals surface area contributed by atoms with Crippen LogP contribution < -0.4 is 0 Å². The highest BCUT2D eigenvalue weighted by Crippen LogP contribution is 2.53. The molecule has 1 unspecified atom stereocenters. The number of hydrogen-bond acceptors (Lipinski definition) is 2. The summed E-state index contributed by atoms with van der Waals surface area (Å²) in [4.78, 5) is 10.8. The van der Waals surface area contributed by atoms with Gasteiger partial charge in [-0.05, 0) is 36.6 Å². The van der Waals surface area contributed by atoms with Gasteiger partial charge < -0.3 is 10.2 Å². The number of aliphatic carboxylic acids is 1. The first-order valence-electron chi connectivity index (χ1n) is 4.84. The molecule has 1 fully saturated rings. The zero-order valence-corrected chi connectivity index (χ0v) is 9.87. The summed E-state index contributed by atoms with van der Waals surface area (Å²) in [6, 6.07) is 4.10. The monoisotopic (exact) mass is 288 g/mol. The summed E-state index contributed by atoms with van der Waals surface area (Å²) in [5, 5.41) is 18.5. The van der Waals surface area contributed by atoms with Crippen LogP contribution in [0.15, 0.2) is 22.7 Å². The lowest BCUT2D eigenvalue weighted by molar-refractivity contribution is -0.148. The molecule has 0 aromatic heterocycles. The van der Waals surface area contributed by atoms with Gasteiger partial charge in [0.2, 0.25) is 0 Å². The van der Waals surface area contributed by atoms with Crippen molar-refractivity contribution in [3.8, 4) is 0 Å². The first-order chi connectivity index (χ1) is 7.47. The number of rotatable bonds is 3.